The van der Waals surface area contributed by atoms with Gasteiger partial charge in [-0.25, -0.2) is 4.79 Å². The van der Waals surface area contributed by atoms with Gasteiger partial charge in [0.1, 0.15) is 17.8 Å². The highest BCUT2D eigenvalue weighted by Crippen LogP contribution is 2.50. The smallest absolute Gasteiger partial charge is 0.330 e. The third-order valence-corrected chi connectivity index (χ3v) is 3.74. The number of aromatic nitrogens is 2. The van der Waals surface area contributed by atoms with E-state index in [1.54, 1.807) is 0 Å². The Morgan fingerprint density at radius 2 is 2.27 bits per heavy atom. The van der Waals surface area contributed by atoms with Crippen molar-refractivity contribution >= 4 is 0 Å². The number of nitrogens with one attached hydrogen (secondary N) is 1. The second kappa shape index (κ2) is 4.76. The maximum atomic E-state index is 12.4. The van der Waals surface area contributed by atoms with Crippen molar-refractivity contribution in [2.24, 2.45) is 0 Å². The van der Waals surface area contributed by atoms with Gasteiger partial charge in [0, 0.05) is 15.8 Å². The first-order valence-electron chi connectivity index (χ1n) is 9.61. The number of ether oxygens (including phenoxy) is 3. The number of aliphatic hydroxyl groups is 1. The van der Waals surface area contributed by atoms with Gasteiger partial charge >= 0.3 is 5.69 Å². The molecule has 2 aliphatic heterocycles. The quantitative estimate of drug-likeness (QED) is 0.772. The average Bonchev–Trinajstić information content (AvgIpc) is 2.82. The topological polar surface area (TPSA) is 103 Å². The van der Waals surface area contributed by atoms with E-state index >= 15 is 0 Å². The Morgan fingerprint density at radius 1 is 1.55 bits per heavy atom. The van der Waals surface area contributed by atoms with Gasteiger partial charge < -0.3 is 19.3 Å². The first-order chi connectivity index (χ1) is 12.5. The van der Waals surface area contributed by atoms with Crippen molar-refractivity contribution in [1.82, 2.24) is 9.55 Å². The van der Waals surface area contributed by atoms with E-state index in [0.29, 0.717) is 4.57 Å². The molecule has 0 spiro atoms. The van der Waals surface area contributed by atoms with Crippen LogP contribution >= 0.6 is 0 Å². The number of rotatable bonds is 2. The van der Waals surface area contributed by atoms with E-state index in [1.165, 1.54) is 20.8 Å². The zero-order chi connectivity index (χ0) is 21.4. The lowest BCUT2D eigenvalue weighted by Gasteiger charge is -2.30. The predicted octanol–water partition coefficient (Wildman–Crippen LogP) is -0.355. The van der Waals surface area contributed by atoms with Gasteiger partial charge in [-0.1, -0.05) is 0 Å². The third-order valence-electron chi connectivity index (χ3n) is 3.74. The molecule has 0 radical (unpaired) electrons. The molecule has 4 atom stereocenters. The molecule has 122 valence electrons. The number of nitrogens with zero attached hydrogens (tertiary/aromatic N) is 1. The Balaban J connectivity index is 2.24. The van der Waals surface area contributed by atoms with Gasteiger partial charge in [0.15, 0.2) is 12.0 Å². The molecule has 22 heavy (non-hydrogen) atoms. The minimum atomic E-state index is -2.99. The van der Waals surface area contributed by atoms with Crippen molar-refractivity contribution in [2.45, 2.75) is 57.4 Å². The van der Waals surface area contributed by atoms with Crippen molar-refractivity contribution < 1.29 is 27.5 Å². The first-order valence-corrected chi connectivity index (χ1v) is 6.61. The Hall–Kier alpha value is -1.48. The zero-order valence-corrected chi connectivity index (χ0v) is 12.2. The summed E-state index contributed by atoms with van der Waals surface area (Å²) in [5.74, 6) is -1.24. The Morgan fingerprint density at radius 3 is 2.91 bits per heavy atom. The van der Waals surface area contributed by atoms with E-state index in [2.05, 4.69) is 0 Å². The maximum Gasteiger partial charge on any atom is 0.330 e. The van der Waals surface area contributed by atoms with Crippen LogP contribution in [-0.4, -0.2) is 44.8 Å². The van der Waals surface area contributed by atoms with E-state index in [1.807, 2.05) is 4.98 Å². The average molecular weight is 318 g/mol. The molecule has 3 heterocycles. The highest BCUT2D eigenvalue weighted by atomic mass is 16.8. The van der Waals surface area contributed by atoms with Crippen LogP contribution in [0.5, 0.6) is 0 Å². The molecule has 0 aliphatic carbocycles. The van der Waals surface area contributed by atoms with Crippen molar-refractivity contribution in [2.75, 3.05) is 6.56 Å². The molecule has 2 fully saturated rings. The highest BCUT2D eigenvalue weighted by molar-refractivity contribution is 5.09. The van der Waals surface area contributed by atoms with E-state index in [-0.39, 0.29) is 0 Å². The fourth-order valence-electron chi connectivity index (χ4n) is 2.96. The fraction of sp³-hybridized carbons (Fsp3) is 0.714. The molecule has 8 nitrogen and oxygen atoms in total. The first kappa shape index (κ1) is 9.61. The van der Waals surface area contributed by atoms with Crippen LogP contribution in [-0.2, 0) is 14.2 Å². The van der Waals surface area contributed by atoms with Gasteiger partial charge in [-0.2, -0.15) is 0 Å². The van der Waals surface area contributed by atoms with E-state index in [0.717, 1.165) is 0 Å². The standard InChI is InChI=1S/C14H20N2O6/c1-7-5-16(12(19)15-10(7)18)11-14(4)9(8(6-17)20-11)21-13(2,3)22-14/h5,8-9,11,17H,6H2,1-4H3,(H,15,18,19)/t8-,9-,11?,14-/m1/s1/i1D3,5D,6D2. The lowest BCUT2D eigenvalue weighted by atomic mass is 9.96. The van der Waals surface area contributed by atoms with Gasteiger partial charge in [-0.3, -0.25) is 14.3 Å². The number of aromatic amines is 1. The predicted molar refractivity (Wildman–Crippen MR) is 75.5 cm³/mol. The van der Waals surface area contributed by atoms with Gasteiger partial charge in [-0.05, 0) is 27.6 Å². The highest BCUT2D eigenvalue weighted by Gasteiger charge is 2.64. The summed E-state index contributed by atoms with van der Waals surface area (Å²) in [5.41, 5.74) is -4.87. The molecular weight excluding hydrogens is 292 g/mol. The summed E-state index contributed by atoms with van der Waals surface area (Å²) in [6, 6.07) is 0. The van der Waals surface area contributed by atoms with Gasteiger partial charge in [0.2, 0.25) is 0 Å². The Labute approximate surface area is 135 Å². The molecule has 0 aromatic carbocycles. The number of fused-ring (bicyclic) bond motifs is 1. The summed E-state index contributed by atoms with van der Waals surface area (Å²) < 4.78 is 63.3. The van der Waals surface area contributed by atoms with Crippen LogP contribution in [0.25, 0.3) is 0 Å². The maximum absolute atomic E-state index is 12.4. The van der Waals surface area contributed by atoms with Crippen LogP contribution in [0.3, 0.4) is 0 Å². The van der Waals surface area contributed by atoms with Crippen LogP contribution in [0.1, 0.15) is 40.8 Å². The third kappa shape index (κ3) is 2.14. The molecule has 1 aromatic rings. The molecule has 2 N–H and O–H groups in total. The van der Waals surface area contributed by atoms with Crippen molar-refractivity contribution in [3.8, 4) is 0 Å². The van der Waals surface area contributed by atoms with Gasteiger partial charge in [0.25, 0.3) is 5.56 Å². The molecule has 3 rings (SSSR count). The van der Waals surface area contributed by atoms with E-state index in [9.17, 15) is 14.7 Å². The summed E-state index contributed by atoms with van der Waals surface area (Å²) in [7, 11) is 0. The molecule has 1 aromatic heterocycles. The van der Waals surface area contributed by atoms with Crippen molar-refractivity contribution in [3.63, 3.8) is 0 Å². The molecule has 8 heteroatoms. The summed E-state index contributed by atoms with van der Waals surface area (Å²) in [6.07, 6.45) is -5.28. The zero-order valence-electron chi connectivity index (χ0n) is 18.2. The second-order valence-corrected chi connectivity index (χ2v) is 5.88. The minimum Gasteiger partial charge on any atom is -0.394 e. The van der Waals surface area contributed by atoms with Crippen molar-refractivity contribution in [1.29, 1.82) is 0 Å². The molecule has 0 amide bonds. The summed E-state index contributed by atoms with van der Waals surface area (Å²) in [5, 5.41) is 9.87. The van der Waals surface area contributed by atoms with Crippen LogP contribution in [0.4, 0.5) is 0 Å². The Bertz CT molecular complexity index is 919. The number of hydrogen-bond donors (Lipinski definition) is 2. The van der Waals surface area contributed by atoms with Gasteiger partial charge in [-0.15, -0.1) is 0 Å². The molecule has 2 saturated heterocycles. The Kier molecular flexibility index (Phi) is 2.08. The monoisotopic (exact) mass is 318 g/mol. The number of H-pyrrole nitrogens is 1. The van der Waals surface area contributed by atoms with Crippen LogP contribution in [0, 0.1) is 6.85 Å². The van der Waals surface area contributed by atoms with E-state index < -0.39 is 66.2 Å². The largest absolute Gasteiger partial charge is 0.394 e. The van der Waals surface area contributed by atoms with Crippen LogP contribution < -0.4 is 11.2 Å². The van der Waals surface area contributed by atoms with E-state index in [4.69, 9.17) is 22.4 Å². The number of hydrogen-bond acceptors (Lipinski definition) is 6. The SMILES string of the molecule is [2H]c1c(C([2H])([2H])[2H])c(=O)[nH]c(=O)n1C1O[C@H](C([2H])([2H])O)[C@H]2OC(C)(C)O[C@@]12C. The van der Waals surface area contributed by atoms with Crippen LogP contribution in [0.2, 0.25) is 0 Å². The summed E-state index contributed by atoms with van der Waals surface area (Å²) >= 11 is 0. The summed E-state index contributed by atoms with van der Waals surface area (Å²) in [6.45, 7) is -1.40. The molecular formula is C14H20N2O6. The molecule has 1 unspecified atom stereocenters. The normalized spacial score (nSPS) is 41.7. The van der Waals surface area contributed by atoms with Crippen molar-refractivity contribution in [3.05, 3.63) is 32.6 Å². The lowest BCUT2D eigenvalue weighted by Crippen LogP contribution is -2.45. The molecule has 0 bridgehead atoms. The summed E-state index contributed by atoms with van der Waals surface area (Å²) in [4.78, 5) is 26.3. The van der Waals surface area contributed by atoms with Crippen LogP contribution in [0.15, 0.2) is 15.8 Å². The minimum absolute atomic E-state index is 0.562. The molecule has 0 saturated carbocycles. The lowest BCUT2D eigenvalue weighted by molar-refractivity contribution is -0.218. The van der Waals surface area contributed by atoms with Gasteiger partial charge in [0.05, 0.1) is 10.7 Å². The fourth-order valence-corrected chi connectivity index (χ4v) is 2.96. The second-order valence-electron chi connectivity index (χ2n) is 5.88. The molecule has 2 aliphatic rings.